The molecule has 2 aromatic carbocycles. The van der Waals surface area contributed by atoms with Crippen LogP contribution in [0.15, 0.2) is 92.5 Å². The van der Waals surface area contributed by atoms with Gasteiger partial charge in [-0.25, -0.2) is 9.19 Å². The maximum absolute atomic E-state index is 13.5. The monoisotopic (exact) mass is 493 g/mol. The molecule has 8 nitrogen and oxygen atoms in total. The van der Waals surface area contributed by atoms with E-state index < -0.39 is 9.73 Å². The van der Waals surface area contributed by atoms with E-state index in [9.17, 15) is 14.1 Å². The third kappa shape index (κ3) is 5.14. The first-order valence-electron chi connectivity index (χ1n) is 10.4. The summed E-state index contributed by atoms with van der Waals surface area (Å²) in [6.07, 6.45) is 2.06. The van der Waals surface area contributed by atoms with E-state index in [1.807, 2.05) is 30.5 Å². The number of anilines is 3. The van der Waals surface area contributed by atoms with E-state index in [1.165, 1.54) is 0 Å². The topological polar surface area (TPSA) is 117 Å². The van der Waals surface area contributed by atoms with Gasteiger partial charge in [-0.3, -0.25) is 4.79 Å². The highest BCUT2D eigenvalue weighted by molar-refractivity contribution is 7.94. The molecular weight excluding hydrogens is 470 g/mol. The summed E-state index contributed by atoms with van der Waals surface area (Å²) in [5.41, 5.74) is 1.52. The predicted octanol–water partition coefficient (Wildman–Crippen LogP) is 4.78. The van der Waals surface area contributed by atoms with Crippen LogP contribution < -0.4 is 10.6 Å². The van der Waals surface area contributed by atoms with E-state index in [1.54, 1.807) is 66.1 Å². The molecule has 0 aliphatic rings. The van der Waals surface area contributed by atoms with E-state index in [-0.39, 0.29) is 12.6 Å². The molecule has 2 aromatic heterocycles. The van der Waals surface area contributed by atoms with Crippen LogP contribution in [0.25, 0.3) is 10.4 Å². The van der Waals surface area contributed by atoms with Crippen LogP contribution in [0.1, 0.15) is 6.92 Å². The maximum atomic E-state index is 13.5. The van der Waals surface area contributed by atoms with E-state index in [4.69, 9.17) is 0 Å². The van der Waals surface area contributed by atoms with E-state index >= 15 is 0 Å². The molecule has 2 heterocycles. The van der Waals surface area contributed by atoms with Gasteiger partial charge in [0.1, 0.15) is 15.5 Å². The molecule has 0 saturated carbocycles. The number of hydrogen-bond acceptors (Lipinski definition) is 8. The van der Waals surface area contributed by atoms with E-state index in [0.29, 0.717) is 33.7 Å². The molecule has 3 N–H and O–H groups in total. The van der Waals surface area contributed by atoms with Crippen molar-refractivity contribution < 1.29 is 14.1 Å². The van der Waals surface area contributed by atoms with Crippen molar-refractivity contribution in [2.45, 2.75) is 22.8 Å². The Labute approximate surface area is 201 Å². The summed E-state index contributed by atoms with van der Waals surface area (Å²) in [7, 11) is -3.07. The first-order chi connectivity index (χ1) is 16.5. The summed E-state index contributed by atoms with van der Waals surface area (Å²) >= 11 is 1.58. The Kier molecular flexibility index (Phi) is 7.31. The van der Waals surface area contributed by atoms with Gasteiger partial charge in [0.05, 0.1) is 22.0 Å². The third-order valence-corrected chi connectivity index (χ3v) is 8.02. The number of hydrogen-bond donors (Lipinski definition) is 3. The lowest BCUT2D eigenvalue weighted by Crippen LogP contribution is -2.21. The first-order valence-corrected chi connectivity index (χ1v) is 12.8. The molecule has 0 radical (unpaired) electrons. The number of nitrogens with zero attached hydrogens (tertiary/aromatic N) is 3. The lowest BCUT2D eigenvalue weighted by molar-refractivity contribution is -0.106. The molecule has 174 valence electrons. The number of aliphatic hydroxyl groups excluding tert-OH is 1. The van der Waals surface area contributed by atoms with Crippen molar-refractivity contribution >= 4 is 44.9 Å². The minimum Gasteiger partial charge on any atom is -0.394 e. The lowest BCUT2D eigenvalue weighted by atomic mass is 10.2. The molecule has 0 bridgehead atoms. The molecule has 10 heteroatoms. The highest BCUT2D eigenvalue weighted by Gasteiger charge is 2.16. The van der Waals surface area contributed by atoms with Gasteiger partial charge in [-0.2, -0.15) is 9.35 Å². The van der Waals surface area contributed by atoms with Gasteiger partial charge in [-0.1, -0.05) is 24.3 Å². The molecule has 0 aliphatic carbocycles. The number of carbonyl (C=O) groups is 1. The summed E-state index contributed by atoms with van der Waals surface area (Å²) in [6.45, 7) is 1.82. The van der Waals surface area contributed by atoms with Gasteiger partial charge in [0.2, 0.25) is 12.4 Å². The fourth-order valence-electron chi connectivity index (χ4n) is 3.22. The average molecular weight is 494 g/mol. The Morgan fingerprint density at radius 3 is 2.47 bits per heavy atom. The molecule has 0 spiro atoms. The minimum absolute atomic E-state index is 0.0371. The van der Waals surface area contributed by atoms with Crippen molar-refractivity contribution in [3.63, 3.8) is 0 Å². The number of carbonyl (C=O) groups excluding carboxylic acids is 1. The Bertz CT molecular complexity index is 1370. The highest BCUT2D eigenvalue weighted by atomic mass is 32.2. The molecule has 34 heavy (non-hydrogen) atoms. The van der Waals surface area contributed by atoms with Crippen LogP contribution in [0.4, 0.5) is 17.5 Å². The van der Waals surface area contributed by atoms with Crippen LogP contribution in [0.5, 0.6) is 0 Å². The quantitative estimate of drug-likeness (QED) is 0.287. The Balaban J connectivity index is 1.62. The predicted molar refractivity (Wildman–Crippen MR) is 135 cm³/mol. The third-order valence-electron chi connectivity index (χ3n) is 4.92. The van der Waals surface area contributed by atoms with Crippen LogP contribution in [0.3, 0.4) is 0 Å². The molecule has 1 unspecified atom stereocenters. The van der Waals surface area contributed by atoms with Crippen molar-refractivity contribution in [3.05, 3.63) is 78.3 Å². The summed E-state index contributed by atoms with van der Waals surface area (Å²) in [5.74, 6) is 0.970. The maximum Gasteiger partial charge on any atom is 0.241 e. The molecule has 2 atom stereocenters. The van der Waals surface area contributed by atoms with Gasteiger partial charge in [0, 0.05) is 22.8 Å². The van der Waals surface area contributed by atoms with Crippen molar-refractivity contribution in [2.75, 3.05) is 17.2 Å². The Morgan fingerprint density at radius 2 is 1.82 bits per heavy atom. The van der Waals surface area contributed by atoms with Crippen LogP contribution >= 0.6 is 11.3 Å². The number of aliphatic hydroxyl groups is 1. The van der Waals surface area contributed by atoms with Gasteiger partial charge in [0.25, 0.3) is 0 Å². The minimum atomic E-state index is -3.07. The number of benzene rings is 2. The van der Waals surface area contributed by atoms with Gasteiger partial charge >= 0.3 is 0 Å². The van der Waals surface area contributed by atoms with E-state index in [2.05, 4.69) is 25.0 Å². The molecule has 0 aliphatic heterocycles. The molecule has 4 aromatic rings. The molecule has 0 fully saturated rings. The molecular formula is C24H23N5O3S2. The number of rotatable bonds is 9. The average Bonchev–Trinajstić information content (AvgIpc) is 3.40. The second kappa shape index (κ2) is 10.6. The summed E-state index contributed by atoms with van der Waals surface area (Å²) < 4.78 is 17.3. The van der Waals surface area contributed by atoms with Gasteiger partial charge in [-0.15, -0.1) is 11.3 Å². The molecule has 0 saturated heterocycles. The van der Waals surface area contributed by atoms with Crippen LogP contribution in [0.2, 0.25) is 0 Å². The van der Waals surface area contributed by atoms with Crippen molar-refractivity contribution in [1.82, 2.24) is 9.97 Å². The largest absolute Gasteiger partial charge is 0.394 e. The summed E-state index contributed by atoms with van der Waals surface area (Å²) in [5, 5.41) is 17.8. The SMILES string of the molecule is C[C@H](CO)Nc1nc(Nc2ccc(S(=O)(=NC=O)c3ccccc3)cc2)ncc1-c1cccs1. The standard InChI is InChI=1S/C24H23N5O3S2/c1-17(15-30)27-23-21(22-8-5-13-33-22)14-25-24(29-23)28-18-9-11-20(12-10-18)34(32,26-16-31)19-6-3-2-4-7-19/h2-14,16-17,30H,15H2,1H3,(H2,25,27,28,29)/t17-,34?/m1/s1. The normalized spacial score (nSPS) is 13.5. The van der Waals surface area contributed by atoms with Gasteiger partial charge in [0.15, 0.2) is 0 Å². The zero-order valence-electron chi connectivity index (χ0n) is 18.3. The van der Waals surface area contributed by atoms with Crippen molar-refractivity contribution in [2.24, 2.45) is 4.36 Å². The second-order valence-corrected chi connectivity index (χ2v) is 10.5. The zero-order chi connectivity index (χ0) is 24.0. The van der Waals surface area contributed by atoms with E-state index in [0.717, 1.165) is 10.4 Å². The van der Waals surface area contributed by atoms with Crippen molar-refractivity contribution in [1.29, 1.82) is 0 Å². The van der Waals surface area contributed by atoms with Gasteiger partial charge < -0.3 is 15.7 Å². The number of nitrogens with one attached hydrogen (secondary N) is 2. The number of amides is 1. The molecule has 1 amide bonds. The zero-order valence-corrected chi connectivity index (χ0v) is 19.9. The summed E-state index contributed by atoms with van der Waals surface area (Å²) in [6, 6.07) is 19.2. The Morgan fingerprint density at radius 1 is 1.09 bits per heavy atom. The van der Waals surface area contributed by atoms with Gasteiger partial charge in [-0.05, 0) is 54.8 Å². The van der Waals surface area contributed by atoms with Crippen LogP contribution in [-0.2, 0) is 14.5 Å². The van der Waals surface area contributed by atoms with Crippen molar-refractivity contribution in [3.8, 4) is 10.4 Å². The number of thiophene rings is 1. The summed E-state index contributed by atoms with van der Waals surface area (Å²) in [4.78, 5) is 22.1. The smallest absolute Gasteiger partial charge is 0.241 e. The Hall–Kier alpha value is -3.60. The molecule has 4 rings (SSSR count). The lowest BCUT2D eigenvalue weighted by Gasteiger charge is -2.16. The highest BCUT2D eigenvalue weighted by Crippen LogP contribution is 2.31. The van der Waals surface area contributed by atoms with Crippen LogP contribution in [0, 0.1) is 0 Å². The number of aromatic nitrogens is 2. The fraction of sp³-hybridized carbons (Fsp3) is 0.125. The van der Waals surface area contributed by atoms with Crippen LogP contribution in [-0.4, -0.2) is 38.3 Å². The second-order valence-electron chi connectivity index (χ2n) is 7.36. The first kappa shape index (κ1) is 23.6. The fourth-order valence-corrected chi connectivity index (χ4v) is 5.62.